The summed E-state index contributed by atoms with van der Waals surface area (Å²) in [5.41, 5.74) is 0. The second-order valence-electron chi connectivity index (χ2n) is 7.61. The van der Waals surface area contributed by atoms with Crippen LogP contribution >= 0.6 is 11.3 Å². The number of unbranched alkanes of at least 4 members (excludes halogenated alkanes) is 1. The quantitative estimate of drug-likeness (QED) is 0.392. The van der Waals surface area contributed by atoms with E-state index >= 15 is 0 Å². The van der Waals surface area contributed by atoms with Gasteiger partial charge in [0.2, 0.25) is 0 Å². The summed E-state index contributed by atoms with van der Waals surface area (Å²) in [6, 6.07) is 0. The van der Waals surface area contributed by atoms with E-state index in [4.69, 9.17) is 0 Å². The molecule has 0 radical (unpaired) electrons. The van der Waals surface area contributed by atoms with Gasteiger partial charge in [-0.05, 0) is 51.0 Å². The van der Waals surface area contributed by atoms with Crippen LogP contribution in [0.25, 0.3) is 0 Å². The van der Waals surface area contributed by atoms with Gasteiger partial charge in [0.15, 0.2) is 5.96 Å². The molecule has 2 atom stereocenters. The number of rotatable bonds is 9. The fourth-order valence-corrected chi connectivity index (χ4v) is 4.50. The van der Waals surface area contributed by atoms with Crippen molar-refractivity contribution in [2.75, 3.05) is 32.7 Å². The Labute approximate surface area is 163 Å². The number of hydrogen-bond acceptors (Lipinski definition) is 4. The van der Waals surface area contributed by atoms with Gasteiger partial charge in [0.05, 0.1) is 6.54 Å². The number of likely N-dealkylation sites (tertiary alicyclic amines) is 1. The highest BCUT2D eigenvalue weighted by Crippen LogP contribution is 2.21. The molecule has 2 heterocycles. The number of nitrogens with zero attached hydrogens (tertiary/aromatic N) is 3. The summed E-state index contributed by atoms with van der Waals surface area (Å²) in [5.74, 6) is 2.60. The third-order valence-corrected chi connectivity index (χ3v) is 5.93. The maximum Gasteiger partial charge on any atom is 0.191 e. The molecule has 26 heavy (non-hydrogen) atoms. The largest absolute Gasteiger partial charge is 0.357 e. The summed E-state index contributed by atoms with van der Waals surface area (Å²) in [5, 5.41) is 7.89. The Hall–Kier alpha value is -1.14. The summed E-state index contributed by atoms with van der Waals surface area (Å²) in [4.78, 5) is 13.1. The van der Waals surface area contributed by atoms with Crippen LogP contribution in [0.2, 0.25) is 0 Å². The molecule has 1 fully saturated rings. The average Bonchev–Trinajstić information content (AvgIpc) is 3.06. The average molecular weight is 380 g/mol. The first-order chi connectivity index (χ1) is 12.6. The van der Waals surface area contributed by atoms with Crippen molar-refractivity contribution < 1.29 is 0 Å². The van der Waals surface area contributed by atoms with Crippen LogP contribution in [0.15, 0.2) is 11.2 Å². The van der Waals surface area contributed by atoms with Crippen LogP contribution in [-0.2, 0) is 13.0 Å². The lowest BCUT2D eigenvalue weighted by Crippen LogP contribution is -2.40. The second kappa shape index (κ2) is 11.5. The maximum atomic E-state index is 4.67. The van der Waals surface area contributed by atoms with Gasteiger partial charge in [0.1, 0.15) is 5.01 Å². The summed E-state index contributed by atoms with van der Waals surface area (Å²) in [6.07, 6.45) is 6.84. The van der Waals surface area contributed by atoms with E-state index in [-0.39, 0.29) is 0 Å². The normalized spacial score (nSPS) is 21.8. The van der Waals surface area contributed by atoms with E-state index in [1.807, 2.05) is 6.20 Å². The van der Waals surface area contributed by atoms with E-state index in [0.717, 1.165) is 42.3 Å². The molecule has 2 rings (SSSR count). The lowest BCUT2D eigenvalue weighted by atomic mass is 9.92. The Kier molecular flexibility index (Phi) is 9.40. The molecule has 1 aromatic heterocycles. The number of hydrogen-bond donors (Lipinski definition) is 2. The molecule has 1 saturated heterocycles. The van der Waals surface area contributed by atoms with E-state index in [0.29, 0.717) is 6.54 Å². The van der Waals surface area contributed by atoms with Crippen molar-refractivity contribution in [1.29, 1.82) is 0 Å². The van der Waals surface area contributed by atoms with E-state index < -0.39 is 0 Å². The summed E-state index contributed by atoms with van der Waals surface area (Å²) in [7, 11) is 0. The lowest BCUT2D eigenvalue weighted by Gasteiger charge is -2.34. The molecule has 1 aliphatic heterocycles. The predicted molar refractivity (Wildman–Crippen MR) is 113 cm³/mol. The first-order valence-corrected chi connectivity index (χ1v) is 11.1. The number of guanidine groups is 1. The third kappa shape index (κ3) is 7.62. The van der Waals surface area contributed by atoms with Gasteiger partial charge in [-0.2, -0.15) is 0 Å². The third-order valence-electron chi connectivity index (χ3n) is 4.80. The Morgan fingerprint density at radius 2 is 2.00 bits per heavy atom. The summed E-state index contributed by atoms with van der Waals surface area (Å²) in [6.45, 7) is 15.3. The highest BCUT2D eigenvalue weighted by atomic mass is 32.1. The molecular formula is C20H37N5S. The number of nitrogens with one attached hydrogen (secondary N) is 2. The highest BCUT2D eigenvalue weighted by Gasteiger charge is 2.20. The van der Waals surface area contributed by atoms with Crippen LogP contribution in [-0.4, -0.2) is 48.6 Å². The van der Waals surface area contributed by atoms with Gasteiger partial charge in [-0.1, -0.05) is 20.8 Å². The molecule has 0 aromatic carbocycles. The molecule has 0 spiro atoms. The van der Waals surface area contributed by atoms with Crippen LogP contribution in [0.4, 0.5) is 0 Å². The number of thiazole rings is 1. The monoisotopic (exact) mass is 379 g/mol. The minimum Gasteiger partial charge on any atom is -0.357 e. The Bertz CT molecular complexity index is 532. The number of piperidine rings is 1. The van der Waals surface area contributed by atoms with Gasteiger partial charge < -0.3 is 15.5 Å². The van der Waals surface area contributed by atoms with Gasteiger partial charge in [0.25, 0.3) is 0 Å². The molecule has 2 unspecified atom stereocenters. The van der Waals surface area contributed by atoms with E-state index in [2.05, 4.69) is 53.2 Å². The Morgan fingerprint density at radius 3 is 2.65 bits per heavy atom. The number of aromatic nitrogens is 1. The van der Waals surface area contributed by atoms with Crippen LogP contribution < -0.4 is 10.6 Å². The van der Waals surface area contributed by atoms with Crippen molar-refractivity contribution in [3.05, 3.63) is 16.1 Å². The number of aryl methyl sites for hydroxylation is 1. The van der Waals surface area contributed by atoms with Gasteiger partial charge in [0, 0.05) is 37.3 Å². The molecule has 148 valence electrons. The first kappa shape index (κ1) is 21.2. The van der Waals surface area contributed by atoms with Crippen LogP contribution in [0.1, 0.15) is 56.8 Å². The standard InChI is InChI=1S/C20H37N5S/c1-5-18-12-23-19(26-18)13-24-20(21-6-2)22-9-7-8-10-25-14-16(3)11-17(4)15-25/h12,16-17H,5-11,13-15H2,1-4H3,(H2,21,22,24). The summed E-state index contributed by atoms with van der Waals surface area (Å²) >= 11 is 1.76. The zero-order valence-electron chi connectivity index (χ0n) is 17.1. The van der Waals surface area contributed by atoms with Crippen molar-refractivity contribution >= 4 is 17.3 Å². The highest BCUT2D eigenvalue weighted by molar-refractivity contribution is 7.11. The van der Waals surface area contributed by atoms with Gasteiger partial charge in [-0.3, -0.25) is 0 Å². The SMILES string of the molecule is CCNC(=NCc1ncc(CC)s1)NCCCCN1CC(C)CC(C)C1. The van der Waals surface area contributed by atoms with Crippen LogP contribution in [0.5, 0.6) is 0 Å². The Morgan fingerprint density at radius 1 is 1.23 bits per heavy atom. The minimum atomic E-state index is 0.656. The molecule has 5 nitrogen and oxygen atoms in total. The number of aliphatic imine (C=N–C) groups is 1. The Balaban J connectivity index is 1.66. The minimum absolute atomic E-state index is 0.656. The van der Waals surface area contributed by atoms with Gasteiger partial charge in [-0.25, -0.2) is 9.98 Å². The molecule has 1 aliphatic rings. The van der Waals surface area contributed by atoms with Crippen molar-refractivity contribution in [1.82, 2.24) is 20.5 Å². The van der Waals surface area contributed by atoms with Gasteiger partial charge >= 0.3 is 0 Å². The molecule has 6 heteroatoms. The zero-order valence-corrected chi connectivity index (χ0v) is 17.9. The second-order valence-corrected chi connectivity index (χ2v) is 8.81. The molecule has 1 aromatic rings. The summed E-state index contributed by atoms with van der Waals surface area (Å²) < 4.78 is 0. The van der Waals surface area contributed by atoms with Crippen molar-refractivity contribution in [2.45, 2.75) is 59.9 Å². The van der Waals surface area contributed by atoms with Gasteiger partial charge in [-0.15, -0.1) is 11.3 Å². The maximum absolute atomic E-state index is 4.67. The zero-order chi connectivity index (χ0) is 18.8. The molecule has 0 amide bonds. The predicted octanol–water partition coefficient (Wildman–Crippen LogP) is 3.52. The first-order valence-electron chi connectivity index (χ1n) is 10.3. The topological polar surface area (TPSA) is 52.6 Å². The smallest absolute Gasteiger partial charge is 0.191 e. The van der Waals surface area contributed by atoms with E-state index in [1.54, 1.807) is 11.3 Å². The molecule has 2 N–H and O–H groups in total. The van der Waals surface area contributed by atoms with Crippen molar-refractivity contribution in [3.63, 3.8) is 0 Å². The van der Waals surface area contributed by atoms with Crippen LogP contribution in [0, 0.1) is 11.8 Å². The van der Waals surface area contributed by atoms with E-state index in [1.165, 1.54) is 43.8 Å². The molecule has 0 saturated carbocycles. The lowest BCUT2D eigenvalue weighted by molar-refractivity contribution is 0.139. The van der Waals surface area contributed by atoms with Crippen molar-refractivity contribution in [2.24, 2.45) is 16.8 Å². The van der Waals surface area contributed by atoms with Crippen LogP contribution in [0.3, 0.4) is 0 Å². The van der Waals surface area contributed by atoms with E-state index in [9.17, 15) is 0 Å². The molecule has 0 bridgehead atoms. The van der Waals surface area contributed by atoms with Crippen molar-refractivity contribution in [3.8, 4) is 0 Å². The molecule has 0 aliphatic carbocycles. The molecular weight excluding hydrogens is 342 g/mol. The fourth-order valence-electron chi connectivity index (χ4n) is 3.71. The fraction of sp³-hybridized carbons (Fsp3) is 0.800.